The summed E-state index contributed by atoms with van der Waals surface area (Å²) in [5.41, 5.74) is 1.16. The fraction of sp³-hybridized carbons (Fsp3) is 0.615. The second-order valence-electron chi connectivity index (χ2n) is 4.33. The molecule has 2 rings (SSSR count). The minimum Gasteiger partial charge on any atom is -0.360 e. The summed E-state index contributed by atoms with van der Waals surface area (Å²) in [4.78, 5) is 5.91. The number of nitrogens with zero attached hydrogens (tertiary/aromatic N) is 3. The summed E-state index contributed by atoms with van der Waals surface area (Å²) >= 11 is 3.39. The lowest BCUT2D eigenvalue weighted by Crippen LogP contribution is -1.98. The Bertz CT molecular complexity index is 518. The van der Waals surface area contributed by atoms with E-state index in [1.54, 1.807) is 22.7 Å². The van der Waals surface area contributed by atoms with Gasteiger partial charge < -0.3 is 5.32 Å². The van der Waals surface area contributed by atoms with Crippen molar-refractivity contribution >= 4 is 27.8 Å². The lowest BCUT2D eigenvalue weighted by Gasteiger charge is -1.95. The van der Waals surface area contributed by atoms with Crippen LogP contribution >= 0.6 is 22.7 Å². The highest BCUT2D eigenvalue weighted by Crippen LogP contribution is 2.34. The summed E-state index contributed by atoms with van der Waals surface area (Å²) in [6.07, 6.45) is 4.23. The van der Waals surface area contributed by atoms with Crippen molar-refractivity contribution in [1.82, 2.24) is 15.2 Å². The maximum Gasteiger partial charge on any atom is 0.206 e. The monoisotopic (exact) mass is 296 g/mol. The zero-order chi connectivity index (χ0) is 13.7. The van der Waals surface area contributed by atoms with Crippen molar-refractivity contribution in [3.63, 3.8) is 0 Å². The molecule has 4 nitrogen and oxygen atoms in total. The zero-order valence-corrected chi connectivity index (χ0v) is 13.3. The minimum absolute atomic E-state index is 0.907. The fourth-order valence-electron chi connectivity index (χ4n) is 1.75. The molecule has 0 unspecified atom stereocenters. The molecule has 2 heterocycles. The van der Waals surface area contributed by atoms with Gasteiger partial charge in [-0.15, -0.1) is 21.5 Å². The van der Waals surface area contributed by atoms with E-state index in [0.717, 1.165) is 48.1 Å². The molecule has 0 fully saturated rings. The molecule has 0 radical (unpaired) electrons. The van der Waals surface area contributed by atoms with Gasteiger partial charge in [0.25, 0.3) is 0 Å². The highest BCUT2D eigenvalue weighted by atomic mass is 32.1. The van der Waals surface area contributed by atoms with Crippen molar-refractivity contribution in [2.45, 2.75) is 46.5 Å². The summed E-state index contributed by atoms with van der Waals surface area (Å²) in [5, 5.41) is 14.9. The molecular weight excluding hydrogens is 276 g/mol. The molecule has 0 aliphatic rings. The molecule has 0 saturated carbocycles. The van der Waals surface area contributed by atoms with Gasteiger partial charge in [0, 0.05) is 6.54 Å². The van der Waals surface area contributed by atoms with Crippen molar-refractivity contribution in [3.8, 4) is 9.88 Å². The first kappa shape index (κ1) is 14.4. The number of aryl methyl sites for hydroxylation is 2. The molecule has 2 aromatic rings. The number of hydrogen-bond acceptors (Lipinski definition) is 6. The standard InChI is InChI=1S/C13H20N4S2/c1-4-7-10-15-9(6-3)11(18-10)12-16-17-13(19-12)14-8-5-2/h4-8H2,1-3H3,(H,14,17). The Morgan fingerprint density at radius 3 is 2.58 bits per heavy atom. The first-order valence-corrected chi connectivity index (χ1v) is 8.48. The van der Waals surface area contributed by atoms with Crippen LogP contribution in [0.4, 0.5) is 5.13 Å². The summed E-state index contributed by atoms with van der Waals surface area (Å²) in [6, 6.07) is 0. The van der Waals surface area contributed by atoms with Crippen LogP contribution in [0.1, 0.15) is 44.3 Å². The van der Waals surface area contributed by atoms with Crippen LogP contribution < -0.4 is 5.32 Å². The molecule has 0 amide bonds. The second-order valence-corrected chi connectivity index (χ2v) is 6.39. The van der Waals surface area contributed by atoms with Crippen LogP contribution in [0.2, 0.25) is 0 Å². The number of hydrogen-bond donors (Lipinski definition) is 1. The molecule has 6 heteroatoms. The van der Waals surface area contributed by atoms with Crippen LogP contribution in [-0.4, -0.2) is 21.7 Å². The van der Waals surface area contributed by atoms with E-state index in [2.05, 4.69) is 36.3 Å². The second kappa shape index (κ2) is 6.96. The third kappa shape index (κ3) is 3.51. The zero-order valence-electron chi connectivity index (χ0n) is 11.7. The van der Waals surface area contributed by atoms with Gasteiger partial charge in [0.05, 0.1) is 15.6 Å². The molecule has 104 valence electrons. The van der Waals surface area contributed by atoms with E-state index in [-0.39, 0.29) is 0 Å². The molecule has 19 heavy (non-hydrogen) atoms. The van der Waals surface area contributed by atoms with E-state index in [9.17, 15) is 0 Å². The Morgan fingerprint density at radius 1 is 1.05 bits per heavy atom. The van der Waals surface area contributed by atoms with Crippen LogP contribution in [0.3, 0.4) is 0 Å². The molecule has 0 aliphatic carbocycles. The maximum atomic E-state index is 4.70. The van der Waals surface area contributed by atoms with E-state index in [1.807, 2.05) is 0 Å². The molecule has 0 bridgehead atoms. The van der Waals surface area contributed by atoms with Crippen LogP contribution in [0.5, 0.6) is 0 Å². The van der Waals surface area contributed by atoms with Gasteiger partial charge in [-0.2, -0.15) is 0 Å². The Balaban J connectivity index is 2.22. The van der Waals surface area contributed by atoms with E-state index < -0.39 is 0 Å². The summed E-state index contributed by atoms with van der Waals surface area (Å²) in [7, 11) is 0. The highest BCUT2D eigenvalue weighted by Gasteiger charge is 2.15. The minimum atomic E-state index is 0.907. The van der Waals surface area contributed by atoms with Crippen molar-refractivity contribution in [1.29, 1.82) is 0 Å². The largest absolute Gasteiger partial charge is 0.360 e. The predicted octanol–water partition coefficient (Wildman–Crippen LogP) is 4.00. The average Bonchev–Trinajstić information content (AvgIpc) is 3.02. The molecule has 1 N–H and O–H groups in total. The lowest BCUT2D eigenvalue weighted by atomic mass is 10.3. The first-order chi connectivity index (χ1) is 9.28. The summed E-state index contributed by atoms with van der Waals surface area (Å²) in [5.74, 6) is 0. The van der Waals surface area contributed by atoms with Gasteiger partial charge >= 0.3 is 0 Å². The smallest absolute Gasteiger partial charge is 0.206 e. The number of aromatic nitrogens is 3. The Morgan fingerprint density at radius 2 is 1.89 bits per heavy atom. The topological polar surface area (TPSA) is 50.7 Å². The van der Waals surface area contributed by atoms with Crippen LogP contribution in [0.15, 0.2) is 0 Å². The SMILES string of the molecule is CCCNc1nnc(-c2sc(CCC)nc2CC)s1. The third-order valence-corrected chi connectivity index (χ3v) is 4.88. The van der Waals surface area contributed by atoms with Gasteiger partial charge in [0.1, 0.15) is 0 Å². The summed E-state index contributed by atoms with van der Waals surface area (Å²) < 4.78 is 0. The van der Waals surface area contributed by atoms with Crippen molar-refractivity contribution in [3.05, 3.63) is 10.7 Å². The molecule has 2 aromatic heterocycles. The van der Waals surface area contributed by atoms with Crippen molar-refractivity contribution < 1.29 is 0 Å². The van der Waals surface area contributed by atoms with Gasteiger partial charge in [0.15, 0.2) is 5.01 Å². The maximum absolute atomic E-state index is 4.70. The molecular formula is C13H20N4S2. The van der Waals surface area contributed by atoms with Crippen molar-refractivity contribution in [2.75, 3.05) is 11.9 Å². The highest BCUT2D eigenvalue weighted by molar-refractivity contribution is 7.23. The summed E-state index contributed by atoms with van der Waals surface area (Å²) in [6.45, 7) is 7.42. The van der Waals surface area contributed by atoms with E-state index in [1.165, 1.54) is 9.88 Å². The van der Waals surface area contributed by atoms with E-state index in [4.69, 9.17) is 4.98 Å². The van der Waals surface area contributed by atoms with Gasteiger partial charge in [0.2, 0.25) is 5.13 Å². The van der Waals surface area contributed by atoms with Crippen LogP contribution in [-0.2, 0) is 12.8 Å². The quantitative estimate of drug-likeness (QED) is 0.839. The van der Waals surface area contributed by atoms with E-state index in [0.29, 0.717) is 0 Å². The van der Waals surface area contributed by atoms with Gasteiger partial charge in [-0.1, -0.05) is 32.1 Å². The predicted molar refractivity (Wildman–Crippen MR) is 83.2 cm³/mol. The fourth-order valence-corrected chi connectivity index (χ4v) is 3.86. The number of anilines is 1. The number of rotatable bonds is 7. The van der Waals surface area contributed by atoms with Crippen LogP contribution in [0, 0.1) is 0 Å². The first-order valence-electron chi connectivity index (χ1n) is 6.84. The van der Waals surface area contributed by atoms with Crippen LogP contribution in [0.25, 0.3) is 9.88 Å². The number of thiazole rings is 1. The Labute approximate surface area is 122 Å². The van der Waals surface area contributed by atoms with Gasteiger partial charge in [-0.3, -0.25) is 0 Å². The van der Waals surface area contributed by atoms with Crippen molar-refractivity contribution in [2.24, 2.45) is 0 Å². The Hall–Kier alpha value is -1.01. The third-order valence-electron chi connectivity index (χ3n) is 2.69. The molecule has 0 saturated heterocycles. The van der Waals surface area contributed by atoms with E-state index >= 15 is 0 Å². The Kier molecular flexibility index (Phi) is 5.27. The number of nitrogens with one attached hydrogen (secondary N) is 1. The molecule has 0 aliphatic heterocycles. The molecule has 0 atom stereocenters. The molecule has 0 spiro atoms. The van der Waals surface area contributed by atoms with Gasteiger partial charge in [-0.25, -0.2) is 4.98 Å². The normalized spacial score (nSPS) is 10.9. The molecule has 0 aromatic carbocycles. The lowest BCUT2D eigenvalue weighted by molar-refractivity contribution is 0.894. The average molecular weight is 296 g/mol. The van der Waals surface area contributed by atoms with Gasteiger partial charge in [-0.05, 0) is 25.7 Å².